The molecule has 0 aromatic heterocycles. The molecule has 7 heteroatoms. The first kappa shape index (κ1) is 18.7. The SMILES string of the molecule is COCCN(C/C=C/c1ccccc1)C(=O)CC[C@@H]1NC(=O)NC1=O. The third kappa shape index (κ3) is 6.04. The maximum Gasteiger partial charge on any atom is 0.322 e. The van der Waals surface area contributed by atoms with Gasteiger partial charge in [0.25, 0.3) is 5.91 Å². The Morgan fingerprint density at radius 1 is 1.28 bits per heavy atom. The molecule has 0 unspecified atom stereocenters. The zero-order valence-corrected chi connectivity index (χ0v) is 14.2. The van der Waals surface area contributed by atoms with Gasteiger partial charge in [-0.2, -0.15) is 0 Å². The number of imide groups is 1. The van der Waals surface area contributed by atoms with Gasteiger partial charge in [0, 0.05) is 26.6 Å². The summed E-state index contributed by atoms with van der Waals surface area (Å²) in [7, 11) is 1.58. The molecular weight excluding hydrogens is 322 g/mol. The lowest BCUT2D eigenvalue weighted by Gasteiger charge is -2.21. The second-order valence-corrected chi connectivity index (χ2v) is 5.70. The highest BCUT2D eigenvalue weighted by atomic mass is 16.5. The lowest BCUT2D eigenvalue weighted by molar-refractivity contribution is -0.131. The molecule has 1 aromatic rings. The van der Waals surface area contributed by atoms with Crippen LogP contribution in [0.5, 0.6) is 0 Å². The summed E-state index contributed by atoms with van der Waals surface area (Å²) in [5.74, 6) is -0.464. The van der Waals surface area contributed by atoms with Gasteiger partial charge in [0.2, 0.25) is 5.91 Å². The zero-order valence-electron chi connectivity index (χ0n) is 14.2. The average Bonchev–Trinajstić information content (AvgIpc) is 2.94. The molecule has 0 radical (unpaired) electrons. The summed E-state index contributed by atoms with van der Waals surface area (Å²) in [4.78, 5) is 36.7. The number of ether oxygens (including phenoxy) is 1. The van der Waals surface area contributed by atoms with Gasteiger partial charge in [-0.25, -0.2) is 4.79 Å². The van der Waals surface area contributed by atoms with Gasteiger partial charge in [-0.05, 0) is 12.0 Å². The summed E-state index contributed by atoms with van der Waals surface area (Å²) in [6, 6.07) is 8.68. The third-order valence-electron chi connectivity index (χ3n) is 3.86. The van der Waals surface area contributed by atoms with Gasteiger partial charge >= 0.3 is 6.03 Å². The van der Waals surface area contributed by atoms with Crippen LogP contribution in [-0.2, 0) is 14.3 Å². The molecule has 1 fully saturated rings. The highest BCUT2D eigenvalue weighted by Gasteiger charge is 2.29. The summed E-state index contributed by atoms with van der Waals surface area (Å²) in [5.41, 5.74) is 1.06. The summed E-state index contributed by atoms with van der Waals surface area (Å²) < 4.78 is 5.06. The number of nitrogens with one attached hydrogen (secondary N) is 2. The van der Waals surface area contributed by atoms with E-state index >= 15 is 0 Å². The molecule has 1 atom stereocenters. The number of urea groups is 1. The highest BCUT2D eigenvalue weighted by Crippen LogP contribution is 2.07. The van der Waals surface area contributed by atoms with Crippen LogP contribution >= 0.6 is 0 Å². The van der Waals surface area contributed by atoms with Crippen molar-refractivity contribution in [2.75, 3.05) is 26.8 Å². The first-order chi connectivity index (χ1) is 12.1. The number of carbonyl (C=O) groups excluding carboxylic acids is 3. The zero-order chi connectivity index (χ0) is 18.1. The van der Waals surface area contributed by atoms with Crippen LogP contribution in [0.3, 0.4) is 0 Å². The van der Waals surface area contributed by atoms with Crippen molar-refractivity contribution >= 4 is 23.9 Å². The fourth-order valence-electron chi connectivity index (χ4n) is 2.49. The maximum absolute atomic E-state index is 12.4. The standard InChI is InChI=1S/C18H23N3O4/c1-25-13-12-21(11-5-8-14-6-3-2-4-7-14)16(22)10-9-15-17(23)20-18(24)19-15/h2-8,15H,9-13H2,1H3,(H2,19,20,23,24)/b8-5+/t15-/m0/s1. The summed E-state index contributed by atoms with van der Waals surface area (Å²) in [6.45, 7) is 1.36. The minimum atomic E-state index is -0.638. The molecule has 0 saturated carbocycles. The Kier molecular flexibility index (Phi) is 7.16. The number of amides is 4. The Labute approximate surface area is 147 Å². The number of hydrogen-bond donors (Lipinski definition) is 2. The summed E-state index contributed by atoms with van der Waals surface area (Å²) >= 11 is 0. The Morgan fingerprint density at radius 2 is 2.04 bits per heavy atom. The van der Waals surface area contributed by atoms with Crippen LogP contribution in [0.2, 0.25) is 0 Å². The number of benzene rings is 1. The second kappa shape index (κ2) is 9.58. The van der Waals surface area contributed by atoms with Crippen molar-refractivity contribution in [1.29, 1.82) is 0 Å². The molecule has 1 heterocycles. The van der Waals surface area contributed by atoms with Crippen LogP contribution in [0.4, 0.5) is 4.79 Å². The summed E-state index contributed by atoms with van der Waals surface area (Å²) in [6.07, 6.45) is 4.34. The molecular formula is C18H23N3O4. The van der Waals surface area contributed by atoms with E-state index in [0.717, 1.165) is 5.56 Å². The molecule has 2 rings (SSSR count). The van der Waals surface area contributed by atoms with Gasteiger partial charge in [-0.3, -0.25) is 14.9 Å². The van der Waals surface area contributed by atoms with E-state index in [1.807, 2.05) is 42.5 Å². The minimum absolute atomic E-state index is 0.0799. The molecule has 1 saturated heterocycles. The number of methoxy groups -OCH3 is 1. The van der Waals surface area contributed by atoms with Crippen molar-refractivity contribution in [2.24, 2.45) is 0 Å². The van der Waals surface area contributed by atoms with Gasteiger partial charge in [-0.1, -0.05) is 42.5 Å². The molecule has 1 aliphatic heterocycles. The van der Waals surface area contributed by atoms with E-state index in [-0.39, 0.29) is 24.7 Å². The first-order valence-electron chi connectivity index (χ1n) is 8.20. The van der Waals surface area contributed by atoms with Gasteiger partial charge < -0.3 is 15.0 Å². The molecule has 4 amide bonds. The molecule has 0 bridgehead atoms. The molecule has 1 aliphatic rings. The number of carbonyl (C=O) groups is 3. The molecule has 0 spiro atoms. The van der Waals surface area contributed by atoms with E-state index in [0.29, 0.717) is 19.7 Å². The smallest absolute Gasteiger partial charge is 0.322 e. The van der Waals surface area contributed by atoms with Gasteiger partial charge in [0.1, 0.15) is 6.04 Å². The van der Waals surface area contributed by atoms with Crippen molar-refractivity contribution in [3.8, 4) is 0 Å². The van der Waals surface area contributed by atoms with E-state index < -0.39 is 12.1 Å². The Bertz CT molecular complexity index is 630. The molecule has 1 aromatic carbocycles. The van der Waals surface area contributed by atoms with E-state index in [1.165, 1.54) is 0 Å². The summed E-state index contributed by atoms with van der Waals surface area (Å²) in [5, 5.41) is 4.66. The molecule has 7 nitrogen and oxygen atoms in total. The molecule has 0 aliphatic carbocycles. The van der Waals surface area contributed by atoms with Crippen molar-refractivity contribution in [3.05, 3.63) is 42.0 Å². The number of rotatable bonds is 9. The van der Waals surface area contributed by atoms with E-state index in [1.54, 1.807) is 12.0 Å². The Morgan fingerprint density at radius 3 is 2.68 bits per heavy atom. The van der Waals surface area contributed by atoms with Crippen LogP contribution < -0.4 is 10.6 Å². The van der Waals surface area contributed by atoms with Crippen molar-refractivity contribution in [1.82, 2.24) is 15.5 Å². The third-order valence-corrected chi connectivity index (χ3v) is 3.86. The largest absolute Gasteiger partial charge is 0.383 e. The fraction of sp³-hybridized carbons (Fsp3) is 0.389. The van der Waals surface area contributed by atoms with Gasteiger partial charge in [0.05, 0.1) is 6.61 Å². The Balaban J connectivity index is 1.86. The monoisotopic (exact) mass is 345 g/mol. The predicted octanol–water partition coefficient (Wildman–Crippen LogP) is 1.16. The highest BCUT2D eigenvalue weighted by molar-refractivity contribution is 6.04. The predicted molar refractivity (Wildman–Crippen MR) is 93.6 cm³/mol. The lowest BCUT2D eigenvalue weighted by atomic mass is 10.1. The normalized spacial score (nSPS) is 16.8. The minimum Gasteiger partial charge on any atom is -0.383 e. The quantitative estimate of drug-likeness (QED) is 0.658. The lowest BCUT2D eigenvalue weighted by Crippen LogP contribution is -2.36. The van der Waals surface area contributed by atoms with Crippen molar-refractivity contribution < 1.29 is 19.1 Å². The first-order valence-corrected chi connectivity index (χ1v) is 8.20. The van der Waals surface area contributed by atoms with Crippen LogP contribution in [0.1, 0.15) is 18.4 Å². The van der Waals surface area contributed by atoms with Gasteiger partial charge in [0.15, 0.2) is 0 Å². The maximum atomic E-state index is 12.4. The van der Waals surface area contributed by atoms with Crippen LogP contribution in [-0.4, -0.2) is 55.6 Å². The van der Waals surface area contributed by atoms with Gasteiger partial charge in [-0.15, -0.1) is 0 Å². The van der Waals surface area contributed by atoms with E-state index in [2.05, 4.69) is 10.6 Å². The van der Waals surface area contributed by atoms with Crippen LogP contribution in [0.15, 0.2) is 36.4 Å². The Hall–Kier alpha value is -2.67. The number of hydrogen-bond acceptors (Lipinski definition) is 4. The van der Waals surface area contributed by atoms with E-state index in [4.69, 9.17) is 4.74 Å². The van der Waals surface area contributed by atoms with E-state index in [9.17, 15) is 14.4 Å². The number of nitrogens with zero attached hydrogens (tertiary/aromatic N) is 1. The second-order valence-electron chi connectivity index (χ2n) is 5.70. The van der Waals surface area contributed by atoms with Crippen LogP contribution in [0, 0.1) is 0 Å². The average molecular weight is 345 g/mol. The van der Waals surface area contributed by atoms with Crippen molar-refractivity contribution in [3.63, 3.8) is 0 Å². The van der Waals surface area contributed by atoms with Crippen molar-refractivity contribution in [2.45, 2.75) is 18.9 Å². The fourth-order valence-corrected chi connectivity index (χ4v) is 2.49. The topological polar surface area (TPSA) is 87.7 Å². The molecule has 134 valence electrons. The molecule has 25 heavy (non-hydrogen) atoms. The molecule has 2 N–H and O–H groups in total. The van der Waals surface area contributed by atoms with Crippen LogP contribution in [0.25, 0.3) is 6.08 Å².